The maximum atomic E-state index is 12.8. The number of aliphatic hydroxyl groups is 1. The van der Waals surface area contributed by atoms with E-state index in [0.29, 0.717) is 12.8 Å². The first-order chi connectivity index (χ1) is 12.5. The van der Waals surface area contributed by atoms with Crippen molar-refractivity contribution in [2.75, 3.05) is 6.61 Å². The van der Waals surface area contributed by atoms with Gasteiger partial charge in [0, 0.05) is 6.42 Å². The van der Waals surface area contributed by atoms with E-state index in [-0.39, 0.29) is 42.6 Å². The quantitative estimate of drug-likeness (QED) is 0.445. The maximum Gasteiger partial charge on any atom is 0.308 e. The van der Waals surface area contributed by atoms with E-state index in [0.717, 1.165) is 0 Å². The molecule has 0 aliphatic carbocycles. The average Bonchev–Trinajstić information content (AvgIpc) is 2.50. The molecule has 7 heteroatoms. The highest BCUT2D eigenvalue weighted by molar-refractivity contribution is 5.88. The molecule has 0 fully saturated rings. The van der Waals surface area contributed by atoms with Crippen LogP contribution in [0.2, 0.25) is 0 Å². The van der Waals surface area contributed by atoms with Crippen LogP contribution in [0.3, 0.4) is 0 Å². The Hall–Kier alpha value is -1.63. The number of ether oxygens (including phenoxy) is 1. The van der Waals surface area contributed by atoms with Gasteiger partial charge in [0.15, 0.2) is 0 Å². The fourth-order valence-corrected chi connectivity index (χ4v) is 2.76. The molecular weight excluding hydrogens is 348 g/mol. The maximum absolute atomic E-state index is 12.8. The second kappa shape index (κ2) is 12.7. The molecule has 27 heavy (non-hydrogen) atoms. The van der Waals surface area contributed by atoms with E-state index in [4.69, 9.17) is 4.74 Å². The van der Waals surface area contributed by atoms with E-state index in [1.165, 1.54) is 0 Å². The Morgan fingerprint density at radius 3 is 1.96 bits per heavy atom. The topological polar surface area (TPSA) is 105 Å². The number of hydrogen-bond donors (Lipinski definition) is 3. The average molecular weight is 387 g/mol. The molecule has 0 heterocycles. The van der Waals surface area contributed by atoms with Crippen molar-refractivity contribution in [2.45, 2.75) is 85.9 Å². The summed E-state index contributed by atoms with van der Waals surface area (Å²) in [5.41, 5.74) is 0. The monoisotopic (exact) mass is 386 g/mol. The lowest BCUT2D eigenvalue weighted by Crippen LogP contribution is -2.55. The summed E-state index contributed by atoms with van der Waals surface area (Å²) in [6.45, 7) is 13.5. The Morgan fingerprint density at radius 1 is 0.926 bits per heavy atom. The minimum Gasteiger partial charge on any atom is -0.466 e. The molecule has 0 radical (unpaired) electrons. The van der Waals surface area contributed by atoms with Crippen molar-refractivity contribution in [2.24, 2.45) is 17.8 Å². The predicted molar refractivity (Wildman–Crippen MR) is 105 cm³/mol. The van der Waals surface area contributed by atoms with E-state index in [9.17, 15) is 19.5 Å². The number of amides is 2. The molecule has 0 aromatic carbocycles. The number of carbonyl (C=O) groups excluding carboxylic acids is 3. The van der Waals surface area contributed by atoms with Gasteiger partial charge in [-0.25, -0.2) is 0 Å². The van der Waals surface area contributed by atoms with Crippen LogP contribution in [0.5, 0.6) is 0 Å². The highest BCUT2D eigenvalue weighted by Gasteiger charge is 2.30. The molecule has 7 nitrogen and oxygen atoms in total. The fourth-order valence-electron chi connectivity index (χ4n) is 2.76. The van der Waals surface area contributed by atoms with E-state index in [1.54, 1.807) is 6.92 Å². The number of aliphatic hydroxyl groups excluding tert-OH is 1. The SMILES string of the molecule is CCOC(=O)CC(O)C(CC(C)C)NC(=O)C(NC(=O)CC(C)C)C(C)C. The van der Waals surface area contributed by atoms with Crippen molar-refractivity contribution in [1.29, 1.82) is 0 Å². The number of esters is 1. The highest BCUT2D eigenvalue weighted by atomic mass is 16.5. The zero-order valence-corrected chi connectivity index (χ0v) is 17.9. The van der Waals surface area contributed by atoms with Gasteiger partial charge in [-0.05, 0) is 31.1 Å². The Balaban J connectivity index is 5.09. The molecule has 0 saturated heterocycles. The van der Waals surface area contributed by atoms with Gasteiger partial charge in [-0.1, -0.05) is 41.5 Å². The molecule has 0 saturated carbocycles. The highest BCUT2D eigenvalue weighted by Crippen LogP contribution is 2.13. The van der Waals surface area contributed by atoms with Crippen LogP contribution in [0.25, 0.3) is 0 Å². The Labute approximate surface area is 163 Å². The molecule has 0 rings (SSSR count). The second-order valence-electron chi connectivity index (χ2n) is 8.21. The van der Waals surface area contributed by atoms with Crippen LogP contribution < -0.4 is 10.6 Å². The van der Waals surface area contributed by atoms with Crippen LogP contribution >= 0.6 is 0 Å². The van der Waals surface area contributed by atoms with Gasteiger partial charge in [0.1, 0.15) is 6.04 Å². The van der Waals surface area contributed by atoms with Gasteiger partial charge in [0.25, 0.3) is 0 Å². The van der Waals surface area contributed by atoms with Crippen molar-refractivity contribution < 1.29 is 24.2 Å². The first kappa shape index (κ1) is 25.4. The summed E-state index contributed by atoms with van der Waals surface area (Å²) in [5.74, 6) is -0.732. The predicted octanol–water partition coefficient (Wildman–Crippen LogP) is 2.02. The van der Waals surface area contributed by atoms with Gasteiger partial charge < -0.3 is 20.5 Å². The lowest BCUT2D eigenvalue weighted by atomic mass is 9.95. The van der Waals surface area contributed by atoms with Crippen LogP contribution in [0.15, 0.2) is 0 Å². The number of nitrogens with one attached hydrogen (secondary N) is 2. The fraction of sp³-hybridized carbons (Fsp3) is 0.850. The van der Waals surface area contributed by atoms with Crippen molar-refractivity contribution >= 4 is 17.8 Å². The molecule has 0 bridgehead atoms. The molecule has 3 N–H and O–H groups in total. The van der Waals surface area contributed by atoms with Gasteiger partial charge in [-0.3, -0.25) is 14.4 Å². The number of hydrogen-bond acceptors (Lipinski definition) is 5. The Morgan fingerprint density at radius 2 is 1.52 bits per heavy atom. The summed E-state index contributed by atoms with van der Waals surface area (Å²) >= 11 is 0. The zero-order valence-electron chi connectivity index (χ0n) is 17.9. The summed E-state index contributed by atoms with van der Waals surface area (Å²) in [4.78, 5) is 36.5. The van der Waals surface area contributed by atoms with E-state index in [2.05, 4.69) is 10.6 Å². The van der Waals surface area contributed by atoms with Gasteiger partial charge in [0.2, 0.25) is 11.8 Å². The number of rotatable bonds is 12. The van der Waals surface area contributed by atoms with Crippen LogP contribution in [-0.4, -0.2) is 47.7 Å². The van der Waals surface area contributed by atoms with Crippen LogP contribution in [0, 0.1) is 17.8 Å². The van der Waals surface area contributed by atoms with Crippen molar-refractivity contribution in [3.63, 3.8) is 0 Å². The molecule has 3 unspecified atom stereocenters. The third kappa shape index (κ3) is 11.0. The van der Waals surface area contributed by atoms with E-state index < -0.39 is 24.2 Å². The third-order valence-electron chi connectivity index (χ3n) is 4.06. The van der Waals surface area contributed by atoms with Crippen LogP contribution in [-0.2, 0) is 19.1 Å². The summed E-state index contributed by atoms with van der Waals surface area (Å²) in [6, 6.07) is -1.29. The van der Waals surface area contributed by atoms with Crippen molar-refractivity contribution in [1.82, 2.24) is 10.6 Å². The molecule has 3 atom stereocenters. The summed E-state index contributed by atoms with van der Waals surface area (Å²) in [7, 11) is 0. The van der Waals surface area contributed by atoms with Gasteiger partial charge >= 0.3 is 5.97 Å². The lowest BCUT2D eigenvalue weighted by Gasteiger charge is -2.29. The van der Waals surface area contributed by atoms with Crippen LogP contribution in [0.1, 0.15) is 67.7 Å². The van der Waals surface area contributed by atoms with E-state index >= 15 is 0 Å². The molecular formula is C20H38N2O5. The standard InChI is InChI=1S/C20H38N2O5/c1-8-27-18(25)11-16(23)15(9-12(2)3)21-20(26)19(14(6)7)22-17(24)10-13(4)5/h12-16,19,23H,8-11H2,1-7H3,(H,21,26)(H,22,24). The Bertz CT molecular complexity index is 477. The minimum absolute atomic E-state index is 0.108. The first-order valence-electron chi connectivity index (χ1n) is 9.91. The van der Waals surface area contributed by atoms with E-state index in [1.807, 2.05) is 41.5 Å². The molecule has 2 amide bonds. The zero-order chi connectivity index (χ0) is 21.1. The van der Waals surface area contributed by atoms with Crippen molar-refractivity contribution in [3.05, 3.63) is 0 Å². The third-order valence-corrected chi connectivity index (χ3v) is 4.06. The normalized spacial score (nSPS) is 14.8. The van der Waals surface area contributed by atoms with Crippen molar-refractivity contribution in [3.8, 4) is 0 Å². The molecule has 0 aromatic heterocycles. The van der Waals surface area contributed by atoms with Crippen LogP contribution in [0.4, 0.5) is 0 Å². The Kier molecular flexibility index (Phi) is 11.9. The second-order valence-corrected chi connectivity index (χ2v) is 8.21. The summed E-state index contributed by atoms with van der Waals surface area (Å²) in [6.07, 6.45) is -0.374. The molecule has 0 aromatic rings. The first-order valence-corrected chi connectivity index (χ1v) is 9.91. The molecule has 158 valence electrons. The minimum atomic E-state index is -1.05. The molecule has 0 spiro atoms. The number of carbonyl (C=O) groups is 3. The summed E-state index contributed by atoms with van der Waals surface area (Å²) < 4.78 is 4.88. The largest absolute Gasteiger partial charge is 0.466 e. The van der Waals surface area contributed by atoms with Gasteiger partial charge in [-0.15, -0.1) is 0 Å². The molecule has 0 aliphatic heterocycles. The smallest absolute Gasteiger partial charge is 0.308 e. The molecule has 0 aliphatic rings. The summed E-state index contributed by atoms with van der Waals surface area (Å²) in [5, 5.41) is 16.0. The van der Waals surface area contributed by atoms with Gasteiger partial charge in [0.05, 0.1) is 25.2 Å². The lowest BCUT2D eigenvalue weighted by molar-refractivity contribution is -0.146. The van der Waals surface area contributed by atoms with Gasteiger partial charge in [-0.2, -0.15) is 0 Å².